The van der Waals surface area contributed by atoms with Gasteiger partial charge in [-0.05, 0) is 31.4 Å². The van der Waals surface area contributed by atoms with Gasteiger partial charge in [-0.2, -0.15) is 4.98 Å². The van der Waals surface area contributed by atoms with Gasteiger partial charge in [0, 0.05) is 70.4 Å². The Morgan fingerprint density at radius 1 is 1.00 bits per heavy atom. The average molecular weight is 465 g/mol. The number of aryl methyl sites for hydroxylation is 1. The fourth-order valence-corrected chi connectivity index (χ4v) is 4.69. The minimum atomic E-state index is -0.0124. The van der Waals surface area contributed by atoms with Gasteiger partial charge in [0.2, 0.25) is 11.9 Å². The predicted octanol–water partition coefficient (Wildman–Crippen LogP) is 3.89. The molecule has 0 spiro atoms. The van der Waals surface area contributed by atoms with Crippen molar-refractivity contribution in [2.24, 2.45) is 5.41 Å². The molecule has 0 atom stereocenters. The van der Waals surface area contributed by atoms with Gasteiger partial charge >= 0.3 is 0 Å². The maximum absolute atomic E-state index is 12.9. The van der Waals surface area contributed by atoms with Crippen molar-refractivity contribution in [1.82, 2.24) is 14.9 Å². The Balaban J connectivity index is 1.52. The van der Waals surface area contributed by atoms with Crippen LogP contribution in [0.3, 0.4) is 0 Å². The fourth-order valence-electron chi connectivity index (χ4n) is 4.69. The lowest BCUT2D eigenvalue weighted by molar-refractivity contribution is -0.134. The molecule has 0 bridgehead atoms. The number of aromatic nitrogens is 2. The molecule has 1 aromatic carbocycles. The molecule has 2 aliphatic rings. The summed E-state index contributed by atoms with van der Waals surface area (Å²) in [5.41, 5.74) is 4.77. The molecule has 34 heavy (non-hydrogen) atoms. The number of piperazine rings is 1. The maximum atomic E-state index is 12.9. The van der Waals surface area contributed by atoms with Crippen LogP contribution in [-0.4, -0.2) is 67.1 Å². The van der Waals surface area contributed by atoms with Crippen molar-refractivity contribution in [2.45, 2.75) is 54.0 Å². The molecule has 2 aromatic rings. The predicted molar refractivity (Wildman–Crippen MR) is 140 cm³/mol. The molecular weight excluding hydrogens is 424 g/mol. The van der Waals surface area contributed by atoms with Crippen molar-refractivity contribution in [2.75, 3.05) is 61.0 Å². The molecule has 0 N–H and O–H groups in total. The third-order valence-electron chi connectivity index (χ3n) is 6.86. The fraction of sp³-hybridized carbons (Fsp3) is 0.593. The molecule has 3 heterocycles. The highest BCUT2D eigenvalue weighted by Crippen LogP contribution is 2.30. The summed E-state index contributed by atoms with van der Waals surface area (Å²) in [5, 5.41) is 0. The van der Waals surface area contributed by atoms with E-state index in [4.69, 9.17) is 9.97 Å². The molecule has 1 fully saturated rings. The van der Waals surface area contributed by atoms with E-state index >= 15 is 0 Å². The zero-order valence-corrected chi connectivity index (χ0v) is 21.8. The maximum Gasteiger partial charge on any atom is 0.227 e. The third-order valence-corrected chi connectivity index (χ3v) is 6.86. The normalized spacial score (nSPS) is 16.5. The van der Waals surface area contributed by atoms with Crippen LogP contribution < -0.4 is 14.7 Å². The van der Waals surface area contributed by atoms with E-state index in [-0.39, 0.29) is 11.3 Å². The second kappa shape index (κ2) is 9.80. The molecule has 0 unspecified atom stereocenters. The molecule has 1 aromatic heterocycles. The second-order valence-electron chi connectivity index (χ2n) is 10.9. The van der Waals surface area contributed by atoms with E-state index in [2.05, 4.69) is 80.6 Å². The molecule has 0 aliphatic carbocycles. The van der Waals surface area contributed by atoms with Gasteiger partial charge in [0.25, 0.3) is 0 Å². The van der Waals surface area contributed by atoms with Gasteiger partial charge in [-0.3, -0.25) is 4.79 Å². The van der Waals surface area contributed by atoms with Gasteiger partial charge in [-0.15, -0.1) is 0 Å². The zero-order chi connectivity index (χ0) is 24.5. The van der Waals surface area contributed by atoms with Gasteiger partial charge in [-0.25, -0.2) is 4.98 Å². The van der Waals surface area contributed by atoms with Gasteiger partial charge in [0.05, 0.1) is 12.2 Å². The van der Waals surface area contributed by atoms with Gasteiger partial charge in [0.1, 0.15) is 5.82 Å². The Hall–Kier alpha value is -2.83. The van der Waals surface area contributed by atoms with Crippen LogP contribution >= 0.6 is 0 Å². The van der Waals surface area contributed by atoms with Crippen LogP contribution in [0.15, 0.2) is 24.3 Å². The van der Waals surface area contributed by atoms with Crippen LogP contribution in [0.4, 0.5) is 17.5 Å². The Labute approximate surface area is 204 Å². The number of anilines is 3. The Morgan fingerprint density at radius 2 is 1.65 bits per heavy atom. The Bertz CT molecular complexity index is 1010. The van der Waals surface area contributed by atoms with E-state index in [0.717, 1.165) is 68.7 Å². The zero-order valence-electron chi connectivity index (χ0n) is 21.8. The molecular formula is C27H40N6O. The number of nitrogens with zero attached hydrogens (tertiary/aromatic N) is 6. The lowest BCUT2D eigenvalue weighted by Gasteiger charge is -2.38. The Kier molecular flexibility index (Phi) is 7.01. The van der Waals surface area contributed by atoms with Crippen LogP contribution in [0.2, 0.25) is 0 Å². The molecule has 0 radical (unpaired) electrons. The topological polar surface area (TPSA) is 55.8 Å². The summed E-state index contributed by atoms with van der Waals surface area (Å²) in [6.07, 6.45) is 1.35. The van der Waals surface area contributed by atoms with E-state index in [0.29, 0.717) is 13.0 Å². The molecule has 1 saturated heterocycles. The summed E-state index contributed by atoms with van der Waals surface area (Å²) in [4.78, 5) is 31.9. The SMILES string of the molecule is CCN(C)c1nc(N2CCN(c3ccc(C)cc3)CC2)nc2c1CN(C(=O)CC(C)(C)C)CC2. The van der Waals surface area contributed by atoms with E-state index in [1.807, 2.05) is 4.90 Å². The van der Waals surface area contributed by atoms with E-state index in [1.165, 1.54) is 11.3 Å². The largest absolute Gasteiger partial charge is 0.368 e. The van der Waals surface area contributed by atoms with Crippen LogP contribution in [0.1, 0.15) is 50.9 Å². The number of hydrogen-bond acceptors (Lipinski definition) is 6. The third kappa shape index (κ3) is 5.45. The highest BCUT2D eigenvalue weighted by atomic mass is 16.2. The smallest absolute Gasteiger partial charge is 0.227 e. The summed E-state index contributed by atoms with van der Waals surface area (Å²) in [7, 11) is 2.08. The molecule has 1 amide bonds. The van der Waals surface area contributed by atoms with Crippen LogP contribution in [0, 0.1) is 12.3 Å². The summed E-state index contributed by atoms with van der Waals surface area (Å²) >= 11 is 0. The van der Waals surface area contributed by atoms with Crippen LogP contribution in [-0.2, 0) is 17.8 Å². The van der Waals surface area contributed by atoms with Crippen molar-refractivity contribution in [3.05, 3.63) is 41.1 Å². The quantitative estimate of drug-likeness (QED) is 0.669. The first kappa shape index (κ1) is 24.3. The van der Waals surface area contributed by atoms with E-state index in [1.54, 1.807) is 0 Å². The van der Waals surface area contributed by atoms with Crippen molar-refractivity contribution < 1.29 is 4.79 Å². The molecule has 184 valence electrons. The number of rotatable bonds is 5. The molecule has 2 aliphatic heterocycles. The second-order valence-corrected chi connectivity index (χ2v) is 10.9. The van der Waals surface area contributed by atoms with Crippen LogP contribution in [0.25, 0.3) is 0 Å². The van der Waals surface area contributed by atoms with Crippen LogP contribution in [0.5, 0.6) is 0 Å². The van der Waals surface area contributed by atoms with Crippen molar-refractivity contribution in [3.8, 4) is 0 Å². The highest BCUT2D eigenvalue weighted by molar-refractivity contribution is 5.77. The average Bonchev–Trinajstić information content (AvgIpc) is 2.82. The Morgan fingerprint density at radius 3 is 2.26 bits per heavy atom. The first-order chi connectivity index (χ1) is 16.1. The first-order valence-corrected chi connectivity index (χ1v) is 12.6. The van der Waals surface area contributed by atoms with E-state index in [9.17, 15) is 4.79 Å². The number of carbonyl (C=O) groups excluding carboxylic acids is 1. The molecule has 0 saturated carbocycles. The summed E-state index contributed by atoms with van der Waals surface area (Å²) < 4.78 is 0. The van der Waals surface area contributed by atoms with E-state index < -0.39 is 0 Å². The number of carbonyl (C=O) groups is 1. The van der Waals surface area contributed by atoms with Crippen molar-refractivity contribution in [3.63, 3.8) is 0 Å². The monoisotopic (exact) mass is 464 g/mol. The summed E-state index contributed by atoms with van der Waals surface area (Å²) in [6.45, 7) is 16.5. The minimum absolute atomic E-state index is 0.0124. The summed E-state index contributed by atoms with van der Waals surface area (Å²) in [5.74, 6) is 2.02. The standard InChI is InChI=1S/C27H40N6O/c1-7-30(6)25-22-19-33(24(34)18-27(3,4)5)13-12-23(22)28-26(29-25)32-16-14-31(15-17-32)21-10-8-20(2)9-11-21/h8-11H,7,12-19H2,1-6H3. The van der Waals surface area contributed by atoms with Gasteiger partial charge in [-0.1, -0.05) is 38.5 Å². The minimum Gasteiger partial charge on any atom is -0.368 e. The van der Waals surface area contributed by atoms with Gasteiger partial charge < -0.3 is 19.6 Å². The van der Waals surface area contributed by atoms with Crippen molar-refractivity contribution in [1.29, 1.82) is 0 Å². The van der Waals surface area contributed by atoms with Crippen molar-refractivity contribution >= 4 is 23.4 Å². The summed E-state index contributed by atoms with van der Waals surface area (Å²) in [6, 6.07) is 8.77. The highest BCUT2D eigenvalue weighted by Gasteiger charge is 2.30. The molecule has 7 nitrogen and oxygen atoms in total. The lowest BCUT2D eigenvalue weighted by atomic mass is 9.91. The number of fused-ring (bicyclic) bond motifs is 1. The number of amides is 1. The van der Waals surface area contributed by atoms with Gasteiger partial charge in [0.15, 0.2) is 0 Å². The lowest BCUT2D eigenvalue weighted by Crippen LogP contribution is -2.47. The number of hydrogen-bond donors (Lipinski definition) is 0. The first-order valence-electron chi connectivity index (χ1n) is 12.6. The molecule has 4 rings (SSSR count). The number of benzene rings is 1. The molecule has 7 heteroatoms.